The number of hydrogen-bond donors (Lipinski definition) is 1. The van der Waals surface area contributed by atoms with Crippen molar-refractivity contribution in [1.29, 1.82) is 0 Å². The Morgan fingerprint density at radius 1 is 1.48 bits per heavy atom. The molecule has 0 aromatic carbocycles. The van der Waals surface area contributed by atoms with Crippen LogP contribution in [-0.4, -0.2) is 22.5 Å². The maximum absolute atomic E-state index is 12.3. The maximum Gasteiger partial charge on any atom is 0.408 e. The second-order valence-electron chi connectivity index (χ2n) is 5.55. The lowest BCUT2D eigenvalue weighted by Crippen LogP contribution is -2.31. The number of nitrogens with zero attached hydrogens (tertiary/aromatic N) is 2. The molecule has 1 aromatic heterocycles. The molecule has 1 N–H and O–H groups in total. The first kappa shape index (κ1) is 16.1. The molecule has 118 valence electrons. The van der Waals surface area contributed by atoms with E-state index in [0.717, 1.165) is 25.7 Å². The van der Waals surface area contributed by atoms with Gasteiger partial charge in [-0.25, -0.2) is 4.68 Å². The normalized spacial score (nSPS) is 16.8. The van der Waals surface area contributed by atoms with E-state index in [-0.39, 0.29) is 10.4 Å². The number of nitrogens with one attached hydrogen (secondary N) is 1. The van der Waals surface area contributed by atoms with Crippen LogP contribution >= 0.6 is 11.6 Å². The van der Waals surface area contributed by atoms with Gasteiger partial charge in [-0.1, -0.05) is 24.9 Å². The zero-order valence-electron chi connectivity index (χ0n) is 11.6. The van der Waals surface area contributed by atoms with E-state index in [1.165, 1.54) is 6.20 Å². The summed E-state index contributed by atoms with van der Waals surface area (Å²) in [5.74, 6) is 0. The van der Waals surface area contributed by atoms with Crippen LogP contribution in [0.2, 0.25) is 5.02 Å². The SMILES string of the molecule is CCCC1(CNc2cnn(CC(F)(F)F)c(=O)c2Cl)CC1. The molecule has 0 amide bonds. The van der Waals surface area contributed by atoms with Crippen LogP contribution in [-0.2, 0) is 6.54 Å². The van der Waals surface area contributed by atoms with Crippen LogP contribution in [0.1, 0.15) is 32.6 Å². The summed E-state index contributed by atoms with van der Waals surface area (Å²) in [6.07, 6.45) is 1.05. The molecule has 1 fully saturated rings. The van der Waals surface area contributed by atoms with Crippen molar-refractivity contribution in [3.05, 3.63) is 21.6 Å². The lowest BCUT2D eigenvalue weighted by atomic mass is 10.0. The molecule has 0 atom stereocenters. The number of rotatable bonds is 6. The van der Waals surface area contributed by atoms with Crippen molar-refractivity contribution < 1.29 is 13.2 Å². The van der Waals surface area contributed by atoms with Gasteiger partial charge >= 0.3 is 6.18 Å². The van der Waals surface area contributed by atoms with E-state index in [2.05, 4.69) is 17.3 Å². The average molecular weight is 324 g/mol. The summed E-state index contributed by atoms with van der Waals surface area (Å²) in [6, 6.07) is 0. The molecule has 1 aromatic rings. The molecule has 4 nitrogen and oxygen atoms in total. The largest absolute Gasteiger partial charge is 0.408 e. The minimum atomic E-state index is -4.51. The second kappa shape index (κ2) is 5.87. The lowest BCUT2D eigenvalue weighted by molar-refractivity contribution is -0.143. The molecule has 0 aliphatic heterocycles. The first-order valence-corrected chi connectivity index (χ1v) is 7.20. The molecular weight excluding hydrogens is 307 g/mol. The Kier molecular flexibility index (Phi) is 4.51. The van der Waals surface area contributed by atoms with Crippen LogP contribution < -0.4 is 10.9 Å². The third-order valence-electron chi connectivity index (χ3n) is 3.71. The van der Waals surface area contributed by atoms with Gasteiger partial charge in [0, 0.05) is 6.54 Å². The van der Waals surface area contributed by atoms with Crippen molar-refractivity contribution in [2.75, 3.05) is 11.9 Å². The summed E-state index contributed by atoms with van der Waals surface area (Å²) in [5.41, 5.74) is -0.402. The van der Waals surface area contributed by atoms with E-state index in [0.29, 0.717) is 16.9 Å². The smallest absolute Gasteiger partial charge is 0.382 e. The fraction of sp³-hybridized carbons (Fsp3) is 0.692. The van der Waals surface area contributed by atoms with E-state index in [1.807, 2.05) is 0 Å². The van der Waals surface area contributed by atoms with Gasteiger partial charge in [0.2, 0.25) is 0 Å². The molecule has 0 spiro atoms. The Hall–Kier alpha value is -1.24. The molecule has 2 rings (SSSR count). The Morgan fingerprint density at radius 2 is 2.14 bits per heavy atom. The molecule has 8 heteroatoms. The standard InChI is InChI=1S/C13H17ClF3N3O/c1-2-3-12(4-5-12)7-18-9-6-19-20(8-13(15,16)17)11(21)10(9)14/h6,18H,2-5,7-8H2,1H3. The van der Waals surface area contributed by atoms with Gasteiger partial charge in [0.15, 0.2) is 0 Å². The fourth-order valence-corrected chi connectivity index (χ4v) is 2.59. The van der Waals surface area contributed by atoms with Gasteiger partial charge in [0.25, 0.3) is 5.56 Å². The Balaban J connectivity index is 2.08. The molecule has 0 saturated heterocycles. The molecule has 0 unspecified atom stereocenters. The molecule has 1 heterocycles. The highest BCUT2D eigenvalue weighted by molar-refractivity contribution is 6.32. The minimum absolute atomic E-state index is 0.235. The lowest BCUT2D eigenvalue weighted by Gasteiger charge is -2.17. The number of alkyl halides is 3. The third kappa shape index (κ3) is 4.12. The molecule has 21 heavy (non-hydrogen) atoms. The van der Waals surface area contributed by atoms with E-state index in [4.69, 9.17) is 11.6 Å². The maximum atomic E-state index is 12.3. The van der Waals surface area contributed by atoms with Crippen molar-refractivity contribution in [3.8, 4) is 0 Å². The first-order chi connectivity index (χ1) is 9.76. The summed E-state index contributed by atoms with van der Waals surface area (Å²) in [5, 5.41) is 6.32. The van der Waals surface area contributed by atoms with Crippen molar-refractivity contribution in [1.82, 2.24) is 9.78 Å². The van der Waals surface area contributed by atoms with Crippen LogP contribution in [0.25, 0.3) is 0 Å². The summed E-state index contributed by atoms with van der Waals surface area (Å²) < 4.78 is 37.2. The summed E-state index contributed by atoms with van der Waals surface area (Å²) in [6.45, 7) is 1.32. The van der Waals surface area contributed by atoms with Crippen molar-refractivity contribution in [2.24, 2.45) is 5.41 Å². The van der Waals surface area contributed by atoms with Gasteiger partial charge in [-0.15, -0.1) is 0 Å². The van der Waals surface area contributed by atoms with Crippen molar-refractivity contribution in [3.63, 3.8) is 0 Å². The summed E-state index contributed by atoms with van der Waals surface area (Å²) >= 11 is 5.85. The van der Waals surface area contributed by atoms with Crippen LogP contribution in [0.15, 0.2) is 11.0 Å². The second-order valence-corrected chi connectivity index (χ2v) is 5.93. The summed E-state index contributed by atoms with van der Waals surface area (Å²) in [4.78, 5) is 11.8. The minimum Gasteiger partial charge on any atom is -0.382 e. The molecular formula is C13H17ClF3N3O. The zero-order valence-corrected chi connectivity index (χ0v) is 12.4. The van der Waals surface area contributed by atoms with Gasteiger partial charge < -0.3 is 5.32 Å². The van der Waals surface area contributed by atoms with Gasteiger partial charge in [0.05, 0.1) is 11.9 Å². The fourth-order valence-electron chi connectivity index (χ4n) is 2.38. The van der Waals surface area contributed by atoms with Gasteiger partial charge in [0.1, 0.15) is 11.6 Å². The van der Waals surface area contributed by atoms with E-state index < -0.39 is 18.3 Å². The highest BCUT2D eigenvalue weighted by Gasteiger charge is 2.41. The third-order valence-corrected chi connectivity index (χ3v) is 4.07. The quantitative estimate of drug-likeness (QED) is 0.872. The molecule has 1 aliphatic rings. The Morgan fingerprint density at radius 3 is 2.67 bits per heavy atom. The van der Waals surface area contributed by atoms with Gasteiger partial charge in [-0.05, 0) is 24.7 Å². The number of hydrogen-bond acceptors (Lipinski definition) is 3. The molecule has 1 saturated carbocycles. The van der Waals surface area contributed by atoms with Crippen molar-refractivity contribution in [2.45, 2.75) is 45.3 Å². The number of halogens is 4. The van der Waals surface area contributed by atoms with E-state index in [9.17, 15) is 18.0 Å². The highest BCUT2D eigenvalue weighted by Crippen LogP contribution is 2.49. The Bertz CT molecular complexity index is 567. The summed E-state index contributed by atoms with van der Waals surface area (Å²) in [7, 11) is 0. The average Bonchev–Trinajstić information content (AvgIpc) is 3.13. The molecule has 1 aliphatic carbocycles. The topological polar surface area (TPSA) is 46.9 Å². The van der Waals surface area contributed by atoms with Gasteiger partial charge in [-0.3, -0.25) is 4.79 Å². The van der Waals surface area contributed by atoms with Crippen LogP contribution in [0, 0.1) is 5.41 Å². The highest BCUT2D eigenvalue weighted by atomic mass is 35.5. The van der Waals surface area contributed by atoms with E-state index >= 15 is 0 Å². The van der Waals surface area contributed by atoms with Crippen LogP contribution in [0.5, 0.6) is 0 Å². The Labute approximate surface area is 125 Å². The van der Waals surface area contributed by atoms with Crippen LogP contribution in [0.3, 0.4) is 0 Å². The number of anilines is 1. The van der Waals surface area contributed by atoms with Crippen LogP contribution in [0.4, 0.5) is 18.9 Å². The predicted octanol–water partition coefficient (Wildman–Crippen LogP) is 3.45. The molecule has 0 radical (unpaired) electrons. The van der Waals surface area contributed by atoms with Gasteiger partial charge in [-0.2, -0.15) is 18.3 Å². The monoisotopic (exact) mass is 323 g/mol. The number of aromatic nitrogens is 2. The zero-order chi connectivity index (χ0) is 15.7. The molecule has 0 bridgehead atoms. The first-order valence-electron chi connectivity index (χ1n) is 6.83. The van der Waals surface area contributed by atoms with E-state index in [1.54, 1.807) is 0 Å². The predicted molar refractivity (Wildman–Crippen MR) is 74.6 cm³/mol. The van der Waals surface area contributed by atoms with Crippen molar-refractivity contribution >= 4 is 17.3 Å².